The third-order valence-electron chi connectivity index (χ3n) is 6.51. The molecule has 0 aliphatic carbocycles. The first-order valence-corrected chi connectivity index (χ1v) is 10.8. The lowest BCUT2D eigenvalue weighted by molar-refractivity contribution is 0.119. The Bertz CT molecular complexity index is 1290. The van der Waals surface area contributed by atoms with E-state index in [0.717, 1.165) is 40.7 Å². The van der Waals surface area contributed by atoms with Gasteiger partial charge in [-0.05, 0) is 56.0 Å². The lowest BCUT2D eigenvalue weighted by Gasteiger charge is -2.26. The molecule has 1 aliphatic rings. The van der Waals surface area contributed by atoms with Crippen molar-refractivity contribution in [2.75, 3.05) is 7.11 Å². The van der Waals surface area contributed by atoms with E-state index in [2.05, 4.69) is 34.5 Å². The van der Waals surface area contributed by atoms with Crippen LogP contribution in [0.25, 0.3) is 21.9 Å². The lowest BCUT2D eigenvalue weighted by Crippen LogP contribution is -2.41. The summed E-state index contributed by atoms with van der Waals surface area (Å²) in [6.45, 7) is 2.74. The number of imidazole rings is 1. The minimum absolute atomic E-state index is 0.108. The maximum absolute atomic E-state index is 12.3. The summed E-state index contributed by atoms with van der Waals surface area (Å²) in [5.41, 5.74) is 4.67. The van der Waals surface area contributed by atoms with Crippen LogP contribution in [0.4, 0.5) is 0 Å². The van der Waals surface area contributed by atoms with Gasteiger partial charge in [0.1, 0.15) is 5.75 Å². The molecule has 3 heterocycles. The molecule has 0 saturated carbocycles. The van der Waals surface area contributed by atoms with Crippen LogP contribution in [0.2, 0.25) is 0 Å². The highest BCUT2D eigenvalue weighted by molar-refractivity contribution is 5.84. The molecule has 0 spiro atoms. The van der Waals surface area contributed by atoms with Gasteiger partial charge in [0.15, 0.2) is 0 Å². The van der Waals surface area contributed by atoms with Gasteiger partial charge in [0.25, 0.3) is 0 Å². The van der Waals surface area contributed by atoms with Crippen molar-refractivity contribution in [3.8, 4) is 5.75 Å². The fraction of sp³-hybridized carbons (Fsp3) is 0.375. The van der Waals surface area contributed by atoms with Crippen molar-refractivity contribution in [2.45, 2.75) is 50.9 Å². The van der Waals surface area contributed by atoms with Gasteiger partial charge in [-0.3, -0.25) is 4.57 Å². The summed E-state index contributed by atoms with van der Waals surface area (Å²) in [7, 11) is 1.68. The van der Waals surface area contributed by atoms with E-state index in [1.165, 1.54) is 10.9 Å². The Hall–Kier alpha value is -3.03. The summed E-state index contributed by atoms with van der Waals surface area (Å²) in [4.78, 5) is 18.5. The molecule has 7 nitrogen and oxygen atoms in total. The SMILES string of the molecule is COc1ccc2[nH]cc(CCC(C)NC3CCn4c(=O)[nH]c5cccc(c54)C3O)c2c1. The summed E-state index contributed by atoms with van der Waals surface area (Å²) < 4.78 is 7.12. The molecule has 31 heavy (non-hydrogen) atoms. The van der Waals surface area contributed by atoms with E-state index in [4.69, 9.17) is 4.74 Å². The Labute approximate surface area is 180 Å². The van der Waals surface area contributed by atoms with Gasteiger partial charge in [0.05, 0.1) is 24.2 Å². The fourth-order valence-corrected chi connectivity index (χ4v) is 4.83. The number of nitrogens with one attached hydrogen (secondary N) is 3. The minimum atomic E-state index is -0.660. The van der Waals surface area contributed by atoms with E-state index < -0.39 is 6.10 Å². The second-order valence-electron chi connectivity index (χ2n) is 8.50. The number of benzene rings is 2. The second kappa shape index (κ2) is 7.90. The van der Waals surface area contributed by atoms with Crippen molar-refractivity contribution in [3.63, 3.8) is 0 Å². The van der Waals surface area contributed by atoms with Crippen LogP contribution in [-0.2, 0) is 13.0 Å². The number of para-hydroxylation sites is 1. The lowest BCUT2D eigenvalue weighted by atomic mass is 9.98. The van der Waals surface area contributed by atoms with Crippen molar-refractivity contribution in [2.24, 2.45) is 0 Å². The summed E-state index contributed by atoms with van der Waals surface area (Å²) in [6.07, 6.45) is 3.95. The van der Waals surface area contributed by atoms with Gasteiger partial charge in [-0.1, -0.05) is 12.1 Å². The maximum atomic E-state index is 12.3. The first kappa shape index (κ1) is 19.9. The van der Waals surface area contributed by atoms with Crippen molar-refractivity contribution in [1.29, 1.82) is 0 Å². The van der Waals surface area contributed by atoms with Crippen LogP contribution < -0.4 is 15.7 Å². The number of aliphatic hydroxyl groups excluding tert-OH is 1. The largest absolute Gasteiger partial charge is 0.497 e. The van der Waals surface area contributed by atoms with Gasteiger partial charge < -0.3 is 25.1 Å². The number of aromatic amines is 2. The van der Waals surface area contributed by atoms with Crippen LogP contribution in [0.15, 0.2) is 47.4 Å². The number of aromatic nitrogens is 3. The quantitative estimate of drug-likeness (QED) is 0.385. The molecule has 0 fully saturated rings. The zero-order valence-electron chi connectivity index (χ0n) is 17.8. The highest BCUT2D eigenvalue weighted by Crippen LogP contribution is 2.30. The van der Waals surface area contributed by atoms with Crippen molar-refractivity contribution >= 4 is 21.9 Å². The highest BCUT2D eigenvalue weighted by atomic mass is 16.5. The first-order chi connectivity index (χ1) is 15.0. The molecule has 0 saturated heterocycles. The van der Waals surface area contributed by atoms with Crippen LogP contribution in [-0.4, -0.2) is 38.8 Å². The van der Waals surface area contributed by atoms with E-state index >= 15 is 0 Å². The Balaban J connectivity index is 1.30. The monoisotopic (exact) mass is 420 g/mol. The van der Waals surface area contributed by atoms with Crippen LogP contribution in [0.3, 0.4) is 0 Å². The number of fused-ring (bicyclic) bond motifs is 1. The molecule has 7 heteroatoms. The molecular weight excluding hydrogens is 392 g/mol. The van der Waals surface area contributed by atoms with Crippen LogP contribution in [0, 0.1) is 0 Å². The molecule has 1 aliphatic heterocycles. The molecular formula is C24H28N4O3. The predicted molar refractivity (Wildman–Crippen MR) is 122 cm³/mol. The van der Waals surface area contributed by atoms with Crippen molar-refractivity contribution < 1.29 is 9.84 Å². The first-order valence-electron chi connectivity index (χ1n) is 10.8. The van der Waals surface area contributed by atoms with Gasteiger partial charge in [-0.15, -0.1) is 0 Å². The zero-order valence-corrected chi connectivity index (χ0v) is 17.8. The number of methoxy groups -OCH3 is 1. The van der Waals surface area contributed by atoms with Crippen LogP contribution in [0.1, 0.15) is 37.0 Å². The van der Waals surface area contributed by atoms with Gasteiger partial charge in [-0.25, -0.2) is 4.79 Å². The third kappa shape index (κ3) is 3.54. The summed E-state index contributed by atoms with van der Waals surface area (Å²) >= 11 is 0. The Morgan fingerprint density at radius 3 is 3.00 bits per heavy atom. The molecule has 2 aromatic heterocycles. The molecule has 3 atom stereocenters. The van der Waals surface area contributed by atoms with E-state index in [0.29, 0.717) is 13.0 Å². The van der Waals surface area contributed by atoms with Crippen molar-refractivity contribution in [3.05, 3.63) is 64.2 Å². The number of rotatable bonds is 6. The van der Waals surface area contributed by atoms with E-state index in [-0.39, 0.29) is 17.8 Å². The van der Waals surface area contributed by atoms with Gasteiger partial charge in [0, 0.05) is 41.3 Å². The van der Waals surface area contributed by atoms with Gasteiger partial charge >= 0.3 is 5.69 Å². The molecule has 4 aromatic rings. The van der Waals surface area contributed by atoms with Crippen LogP contribution in [0.5, 0.6) is 5.75 Å². The molecule has 162 valence electrons. The summed E-state index contributed by atoms with van der Waals surface area (Å²) in [5, 5.41) is 15.9. The molecule has 0 amide bonds. The topological polar surface area (TPSA) is 95.1 Å². The van der Waals surface area contributed by atoms with Crippen LogP contribution >= 0.6 is 0 Å². The maximum Gasteiger partial charge on any atom is 0.326 e. The van der Waals surface area contributed by atoms with Gasteiger partial charge in [-0.2, -0.15) is 0 Å². The standard InChI is InChI=1S/C24H28N4O3/c1-14(6-7-15-13-25-19-9-8-16(31-2)12-18(15)19)26-21-10-11-28-22-17(23(21)29)4-3-5-20(22)27-24(28)30/h3-5,8-9,12-14,21,23,25-26,29H,6-7,10-11H2,1-2H3,(H,27,30). The van der Waals surface area contributed by atoms with Gasteiger partial charge in [0.2, 0.25) is 0 Å². The average molecular weight is 421 g/mol. The Morgan fingerprint density at radius 1 is 1.29 bits per heavy atom. The number of aliphatic hydroxyl groups is 1. The molecule has 5 rings (SSSR count). The zero-order chi connectivity index (χ0) is 21.5. The number of aryl methyl sites for hydroxylation is 2. The number of nitrogens with zero attached hydrogens (tertiary/aromatic N) is 1. The minimum Gasteiger partial charge on any atom is -0.497 e. The number of ether oxygens (including phenoxy) is 1. The Kier molecular flexibility index (Phi) is 5.08. The van der Waals surface area contributed by atoms with Crippen molar-refractivity contribution in [1.82, 2.24) is 19.9 Å². The number of hydrogen-bond acceptors (Lipinski definition) is 4. The Morgan fingerprint density at radius 2 is 2.16 bits per heavy atom. The normalized spacial score (nSPS) is 19.6. The molecule has 0 bridgehead atoms. The number of H-pyrrole nitrogens is 2. The smallest absolute Gasteiger partial charge is 0.326 e. The average Bonchev–Trinajstić information content (AvgIpc) is 3.29. The van der Waals surface area contributed by atoms with E-state index in [9.17, 15) is 9.90 Å². The molecule has 2 aromatic carbocycles. The summed E-state index contributed by atoms with van der Waals surface area (Å²) in [5.74, 6) is 0.856. The molecule has 0 radical (unpaired) electrons. The summed E-state index contributed by atoms with van der Waals surface area (Å²) in [6, 6.07) is 11.9. The highest BCUT2D eigenvalue weighted by Gasteiger charge is 2.29. The molecule has 3 unspecified atom stereocenters. The van der Waals surface area contributed by atoms with E-state index in [1.807, 2.05) is 30.3 Å². The second-order valence-corrected chi connectivity index (χ2v) is 8.50. The van der Waals surface area contributed by atoms with E-state index in [1.54, 1.807) is 11.7 Å². The fourth-order valence-electron chi connectivity index (χ4n) is 4.83. The third-order valence-corrected chi connectivity index (χ3v) is 6.51. The predicted octanol–water partition coefficient (Wildman–Crippen LogP) is 3.24. The molecule has 4 N–H and O–H groups in total. The number of hydrogen-bond donors (Lipinski definition) is 4.